The van der Waals surface area contributed by atoms with Gasteiger partial charge in [-0.25, -0.2) is 0 Å². The van der Waals surface area contributed by atoms with Crippen LogP contribution in [0.25, 0.3) is 0 Å². The molecule has 2 aliphatic rings. The Kier molecular flexibility index (Phi) is 1.61. The molecule has 2 nitrogen and oxygen atoms in total. The van der Waals surface area contributed by atoms with Crippen LogP contribution in [0.3, 0.4) is 0 Å². The summed E-state index contributed by atoms with van der Waals surface area (Å²) in [6.45, 7) is 0. The van der Waals surface area contributed by atoms with Crippen molar-refractivity contribution in [3.8, 4) is 0 Å². The maximum Gasteiger partial charge on any atom is 0.172 e. The van der Waals surface area contributed by atoms with E-state index in [9.17, 15) is 4.79 Å². The van der Waals surface area contributed by atoms with Crippen molar-refractivity contribution in [2.24, 2.45) is 5.41 Å². The van der Waals surface area contributed by atoms with E-state index in [1.54, 1.807) is 6.26 Å². The molecular formula is C12H14O2. The molecule has 1 fully saturated rings. The summed E-state index contributed by atoms with van der Waals surface area (Å²) in [6, 6.07) is 1.84. The average molecular weight is 190 g/mol. The molecule has 14 heavy (non-hydrogen) atoms. The minimum Gasteiger partial charge on any atom is -0.469 e. The summed E-state index contributed by atoms with van der Waals surface area (Å²) in [6.07, 6.45) is 8.24. The molecule has 0 aromatic carbocycles. The molecule has 0 unspecified atom stereocenters. The summed E-state index contributed by atoms with van der Waals surface area (Å²) in [5, 5.41) is 0. The summed E-state index contributed by atoms with van der Waals surface area (Å²) < 4.78 is 5.31. The van der Waals surface area contributed by atoms with Crippen LogP contribution < -0.4 is 0 Å². The van der Waals surface area contributed by atoms with Gasteiger partial charge in [0.1, 0.15) is 5.76 Å². The van der Waals surface area contributed by atoms with Crippen LogP contribution in [0.5, 0.6) is 0 Å². The fourth-order valence-electron chi connectivity index (χ4n) is 3.02. The number of carbonyl (C=O) groups is 1. The van der Waals surface area contributed by atoms with Crippen LogP contribution in [0.2, 0.25) is 0 Å². The van der Waals surface area contributed by atoms with Gasteiger partial charge < -0.3 is 4.42 Å². The Morgan fingerprint density at radius 3 is 2.79 bits per heavy atom. The monoisotopic (exact) mass is 190 g/mol. The first-order valence-electron chi connectivity index (χ1n) is 5.43. The molecule has 74 valence electrons. The van der Waals surface area contributed by atoms with Crippen molar-refractivity contribution in [2.45, 2.75) is 38.5 Å². The first-order valence-corrected chi connectivity index (χ1v) is 5.43. The van der Waals surface area contributed by atoms with Crippen molar-refractivity contribution in [1.82, 2.24) is 0 Å². The van der Waals surface area contributed by atoms with E-state index >= 15 is 0 Å². The SMILES string of the molecule is O=C1c2ccoc2CCC12CCCC2. The molecule has 1 aromatic rings. The summed E-state index contributed by atoms with van der Waals surface area (Å²) in [7, 11) is 0. The molecule has 0 radical (unpaired) electrons. The average Bonchev–Trinajstić information content (AvgIpc) is 2.83. The zero-order valence-electron chi connectivity index (χ0n) is 8.21. The second-order valence-corrected chi connectivity index (χ2v) is 4.57. The van der Waals surface area contributed by atoms with Gasteiger partial charge in [0.05, 0.1) is 11.8 Å². The van der Waals surface area contributed by atoms with E-state index in [1.165, 1.54) is 12.8 Å². The van der Waals surface area contributed by atoms with Crippen molar-refractivity contribution >= 4 is 5.78 Å². The molecule has 0 amide bonds. The van der Waals surface area contributed by atoms with Gasteiger partial charge in [-0.05, 0) is 25.3 Å². The molecule has 1 spiro atoms. The number of Topliss-reactive ketones (excluding diaryl/α,β-unsaturated/α-hetero) is 1. The van der Waals surface area contributed by atoms with Crippen LogP contribution in [0.15, 0.2) is 16.7 Å². The van der Waals surface area contributed by atoms with Crippen molar-refractivity contribution in [2.75, 3.05) is 0 Å². The lowest BCUT2D eigenvalue weighted by atomic mass is 9.71. The van der Waals surface area contributed by atoms with Gasteiger partial charge in [-0.15, -0.1) is 0 Å². The largest absolute Gasteiger partial charge is 0.469 e. The van der Waals surface area contributed by atoms with Gasteiger partial charge in [-0.2, -0.15) is 0 Å². The number of furan rings is 1. The van der Waals surface area contributed by atoms with Crippen LogP contribution in [-0.2, 0) is 6.42 Å². The first-order chi connectivity index (χ1) is 6.82. The maximum absolute atomic E-state index is 12.2. The molecule has 1 saturated carbocycles. The quantitative estimate of drug-likeness (QED) is 0.629. The molecule has 0 bridgehead atoms. The Labute approximate surface area is 83.3 Å². The van der Waals surface area contributed by atoms with E-state index < -0.39 is 0 Å². The molecule has 1 heterocycles. The highest BCUT2D eigenvalue weighted by Crippen LogP contribution is 2.47. The van der Waals surface area contributed by atoms with Crippen molar-refractivity contribution < 1.29 is 9.21 Å². The third-order valence-electron chi connectivity index (χ3n) is 3.86. The first kappa shape index (κ1) is 8.27. The van der Waals surface area contributed by atoms with Crippen LogP contribution >= 0.6 is 0 Å². The summed E-state index contributed by atoms with van der Waals surface area (Å²) >= 11 is 0. The van der Waals surface area contributed by atoms with E-state index in [-0.39, 0.29) is 5.41 Å². The van der Waals surface area contributed by atoms with E-state index in [2.05, 4.69) is 0 Å². The normalized spacial score (nSPS) is 24.1. The molecule has 0 N–H and O–H groups in total. The standard InChI is InChI=1S/C12H14O2/c13-11-9-4-8-14-10(9)3-7-12(11)5-1-2-6-12/h4,8H,1-3,5-7H2. The van der Waals surface area contributed by atoms with E-state index in [4.69, 9.17) is 4.42 Å². The Hall–Kier alpha value is -1.05. The molecule has 0 saturated heterocycles. The van der Waals surface area contributed by atoms with Crippen molar-refractivity contribution in [3.63, 3.8) is 0 Å². The van der Waals surface area contributed by atoms with Gasteiger partial charge in [0, 0.05) is 11.8 Å². The van der Waals surface area contributed by atoms with Crippen LogP contribution in [0.1, 0.15) is 48.2 Å². The lowest BCUT2D eigenvalue weighted by molar-refractivity contribution is 0.0758. The molecule has 3 rings (SSSR count). The van der Waals surface area contributed by atoms with Gasteiger partial charge in [-0.1, -0.05) is 12.8 Å². The summed E-state index contributed by atoms with van der Waals surface area (Å²) in [5.74, 6) is 1.26. The van der Waals surface area contributed by atoms with Crippen LogP contribution in [-0.4, -0.2) is 5.78 Å². The fraction of sp³-hybridized carbons (Fsp3) is 0.583. The topological polar surface area (TPSA) is 30.2 Å². The van der Waals surface area contributed by atoms with Gasteiger partial charge in [0.25, 0.3) is 0 Å². The minimum absolute atomic E-state index is 0.00310. The predicted molar refractivity (Wildman–Crippen MR) is 52.3 cm³/mol. The smallest absolute Gasteiger partial charge is 0.172 e. The van der Waals surface area contributed by atoms with Crippen LogP contribution in [0.4, 0.5) is 0 Å². The van der Waals surface area contributed by atoms with Crippen molar-refractivity contribution in [1.29, 1.82) is 0 Å². The molecule has 1 aromatic heterocycles. The molecular weight excluding hydrogens is 176 g/mol. The second kappa shape index (κ2) is 2.72. The Balaban J connectivity index is 2.04. The molecule has 0 atom stereocenters. The lowest BCUT2D eigenvalue weighted by Crippen LogP contribution is -2.32. The Bertz CT molecular complexity index is 369. The van der Waals surface area contributed by atoms with E-state index in [0.717, 1.165) is 37.0 Å². The zero-order chi connectivity index (χ0) is 9.60. The van der Waals surface area contributed by atoms with Gasteiger partial charge in [0.2, 0.25) is 0 Å². The number of hydrogen-bond acceptors (Lipinski definition) is 2. The lowest BCUT2D eigenvalue weighted by Gasteiger charge is -2.30. The Morgan fingerprint density at radius 1 is 1.21 bits per heavy atom. The number of carbonyl (C=O) groups excluding carboxylic acids is 1. The molecule has 2 aliphatic carbocycles. The molecule has 2 heteroatoms. The van der Waals surface area contributed by atoms with Gasteiger partial charge in [-0.3, -0.25) is 4.79 Å². The predicted octanol–water partition coefficient (Wildman–Crippen LogP) is 2.97. The summed E-state index contributed by atoms with van der Waals surface area (Å²) in [4.78, 5) is 12.2. The highest BCUT2D eigenvalue weighted by Gasteiger charge is 2.45. The van der Waals surface area contributed by atoms with Crippen LogP contribution in [0, 0.1) is 5.41 Å². The second-order valence-electron chi connectivity index (χ2n) is 4.57. The van der Waals surface area contributed by atoms with Gasteiger partial charge in [0.15, 0.2) is 5.78 Å². The summed E-state index contributed by atoms with van der Waals surface area (Å²) in [5.41, 5.74) is 0.856. The van der Waals surface area contributed by atoms with Crippen molar-refractivity contribution in [3.05, 3.63) is 23.7 Å². The third kappa shape index (κ3) is 0.941. The van der Waals surface area contributed by atoms with E-state index in [1.807, 2.05) is 6.07 Å². The third-order valence-corrected chi connectivity index (χ3v) is 3.86. The number of ketones is 1. The maximum atomic E-state index is 12.2. The Morgan fingerprint density at radius 2 is 2.00 bits per heavy atom. The molecule has 0 aliphatic heterocycles. The highest BCUT2D eigenvalue weighted by molar-refractivity contribution is 6.02. The number of rotatable bonds is 0. The zero-order valence-corrected chi connectivity index (χ0v) is 8.21. The number of hydrogen-bond donors (Lipinski definition) is 0. The number of aryl methyl sites for hydroxylation is 1. The van der Waals surface area contributed by atoms with Gasteiger partial charge >= 0.3 is 0 Å². The van der Waals surface area contributed by atoms with E-state index in [0.29, 0.717) is 5.78 Å². The fourth-order valence-corrected chi connectivity index (χ4v) is 3.02. The number of fused-ring (bicyclic) bond motifs is 1. The highest BCUT2D eigenvalue weighted by atomic mass is 16.3. The minimum atomic E-state index is -0.00310.